The van der Waals surface area contributed by atoms with Gasteiger partial charge in [-0.25, -0.2) is 4.79 Å². The van der Waals surface area contributed by atoms with Gasteiger partial charge < -0.3 is 15.0 Å². The van der Waals surface area contributed by atoms with Crippen LogP contribution in [0.2, 0.25) is 0 Å². The molecule has 7 nitrogen and oxygen atoms in total. The van der Waals surface area contributed by atoms with Gasteiger partial charge >= 0.3 is 6.03 Å². The number of benzene rings is 2. The van der Waals surface area contributed by atoms with E-state index >= 15 is 0 Å². The van der Waals surface area contributed by atoms with Gasteiger partial charge in [-0.05, 0) is 49.2 Å². The van der Waals surface area contributed by atoms with Crippen LogP contribution in [0.25, 0.3) is 0 Å². The van der Waals surface area contributed by atoms with Crippen LogP contribution in [0.4, 0.5) is 4.79 Å². The van der Waals surface area contributed by atoms with E-state index in [9.17, 15) is 14.4 Å². The van der Waals surface area contributed by atoms with Crippen LogP contribution in [0.15, 0.2) is 53.0 Å². The van der Waals surface area contributed by atoms with Crippen molar-refractivity contribution in [3.8, 4) is 5.75 Å². The van der Waals surface area contributed by atoms with Crippen LogP contribution in [0.5, 0.6) is 5.75 Å². The molecule has 0 saturated carbocycles. The number of halogens is 1. The number of urea groups is 1. The van der Waals surface area contributed by atoms with E-state index in [0.717, 1.165) is 20.7 Å². The molecule has 0 radical (unpaired) electrons. The first-order valence-electron chi connectivity index (χ1n) is 9.60. The van der Waals surface area contributed by atoms with Crippen molar-refractivity contribution in [2.75, 3.05) is 20.2 Å². The Bertz CT molecular complexity index is 963. The Hall–Kier alpha value is -2.87. The number of likely N-dealkylation sites (N-methyl/N-ethyl adjacent to an activating group) is 1. The maximum atomic E-state index is 13.0. The smallest absolute Gasteiger partial charge is 0.325 e. The minimum absolute atomic E-state index is 0.318. The van der Waals surface area contributed by atoms with Crippen LogP contribution in [0.1, 0.15) is 25.0 Å². The summed E-state index contributed by atoms with van der Waals surface area (Å²) < 4.78 is 6.22. The SMILES string of the molecule is CCOc1ccc(CN(C)C(=O)CN2C(=O)NC(C)(c3cccc(Br)c3)C2=O)cc1. The summed E-state index contributed by atoms with van der Waals surface area (Å²) in [5.41, 5.74) is 0.354. The van der Waals surface area contributed by atoms with Crippen molar-refractivity contribution in [1.82, 2.24) is 15.1 Å². The molecule has 30 heavy (non-hydrogen) atoms. The fourth-order valence-corrected chi connectivity index (χ4v) is 3.71. The Balaban J connectivity index is 1.67. The molecule has 1 unspecified atom stereocenters. The van der Waals surface area contributed by atoms with E-state index in [0.29, 0.717) is 18.7 Å². The number of imide groups is 1. The highest BCUT2D eigenvalue weighted by atomic mass is 79.9. The molecule has 8 heteroatoms. The Kier molecular flexibility index (Phi) is 6.45. The van der Waals surface area contributed by atoms with Crippen LogP contribution < -0.4 is 10.1 Å². The molecule has 2 aromatic rings. The number of rotatable bonds is 7. The number of ether oxygens (including phenoxy) is 1. The quantitative estimate of drug-likeness (QED) is 0.625. The predicted molar refractivity (Wildman–Crippen MR) is 116 cm³/mol. The minimum Gasteiger partial charge on any atom is -0.494 e. The molecule has 1 saturated heterocycles. The first kappa shape index (κ1) is 21.8. The van der Waals surface area contributed by atoms with E-state index in [2.05, 4.69) is 21.2 Å². The maximum Gasteiger partial charge on any atom is 0.325 e. The molecule has 1 aliphatic rings. The van der Waals surface area contributed by atoms with Crippen LogP contribution in [0.3, 0.4) is 0 Å². The number of nitrogens with zero attached hydrogens (tertiary/aromatic N) is 2. The van der Waals surface area contributed by atoms with E-state index in [-0.39, 0.29) is 12.5 Å². The normalized spacial score (nSPS) is 18.3. The lowest BCUT2D eigenvalue weighted by Crippen LogP contribution is -2.43. The van der Waals surface area contributed by atoms with Gasteiger partial charge in [-0.15, -0.1) is 0 Å². The predicted octanol–water partition coefficient (Wildman–Crippen LogP) is 3.27. The summed E-state index contributed by atoms with van der Waals surface area (Å²) in [6, 6.07) is 14.1. The lowest BCUT2D eigenvalue weighted by molar-refractivity contribution is -0.138. The zero-order valence-corrected chi connectivity index (χ0v) is 18.7. The Labute approximate surface area is 184 Å². The van der Waals surface area contributed by atoms with Crippen molar-refractivity contribution >= 4 is 33.8 Å². The van der Waals surface area contributed by atoms with E-state index in [1.165, 1.54) is 4.90 Å². The number of hydrogen-bond acceptors (Lipinski definition) is 4. The van der Waals surface area contributed by atoms with Crippen LogP contribution >= 0.6 is 15.9 Å². The average Bonchev–Trinajstić information content (AvgIpc) is 2.93. The molecule has 0 aliphatic carbocycles. The van der Waals surface area contributed by atoms with Gasteiger partial charge in [0.1, 0.15) is 17.8 Å². The summed E-state index contributed by atoms with van der Waals surface area (Å²) in [5.74, 6) is -0.0132. The van der Waals surface area contributed by atoms with Gasteiger partial charge in [-0.2, -0.15) is 0 Å². The molecule has 2 aromatic carbocycles. The molecule has 1 atom stereocenters. The van der Waals surface area contributed by atoms with Gasteiger partial charge in [-0.1, -0.05) is 40.2 Å². The van der Waals surface area contributed by atoms with Crippen LogP contribution in [-0.2, 0) is 21.7 Å². The van der Waals surface area contributed by atoms with Gasteiger partial charge in [0, 0.05) is 18.1 Å². The van der Waals surface area contributed by atoms with Crippen molar-refractivity contribution in [3.05, 3.63) is 64.1 Å². The molecule has 0 spiro atoms. The van der Waals surface area contributed by atoms with E-state index in [1.54, 1.807) is 32.2 Å². The molecule has 1 heterocycles. The van der Waals surface area contributed by atoms with Crippen molar-refractivity contribution < 1.29 is 19.1 Å². The molecular formula is C22H24BrN3O4. The molecule has 1 N–H and O–H groups in total. The summed E-state index contributed by atoms with van der Waals surface area (Å²) in [5, 5.41) is 2.72. The highest BCUT2D eigenvalue weighted by molar-refractivity contribution is 9.10. The molecule has 1 aliphatic heterocycles. The summed E-state index contributed by atoms with van der Waals surface area (Å²) in [7, 11) is 1.64. The third kappa shape index (κ3) is 4.48. The molecule has 0 bridgehead atoms. The van der Waals surface area contributed by atoms with Crippen molar-refractivity contribution in [2.24, 2.45) is 0 Å². The molecule has 158 valence electrons. The second-order valence-electron chi connectivity index (χ2n) is 7.28. The molecule has 1 fully saturated rings. The summed E-state index contributed by atoms with van der Waals surface area (Å²) in [6.45, 7) is 4.18. The fourth-order valence-electron chi connectivity index (χ4n) is 3.31. The topological polar surface area (TPSA) is 79.0 Å². The first-order valence-corrected chi connectivity index (χ1v) is 10.4. The first-order chi connectivity index (χ1) is 14.2. The highest BCUT2D eigenvalue weighted by Crippen LogP contribution is 2.30. The average molecular weight is 474 g/mol. The van der Waals surface area contributed by atoms with Crippen molar-refractivity contribution in [3.63, 3.8) is 0 Å². The molecular weight excluding hydrogens is 450 g/mol. The number of amides is 4. The third-order valence-electron chi connectivity index (χ3n) is 5.05. The second kappa shape index (κ2) is 8.87. The molecule has 4 amide bonds. The molecule has 0 aromatic heterocycles. The number of nitrogens with one attached hydrogen (secondary N) is 1. The van der Waals surface area contributed by atoms with Gasteiger partial charge in [0.25, 0.3) is 5.91 Å². The van der Waals surface area contributed by atoms with E-state index in [4.69, 9.17) is 4.74 Å². The van der Waals surface area contributed by atoms with Crippen LogP contribution in [-0.4, -0.2) is 47.8 Å². The zero-order valence-electron chi connectivity index (χ0n) is 17.1. The maximum absolute atomic E-state index is 13.0. The lowest BCUT2D eigenvalue weighted by Gasteiger charge is -2.23. The van der Waals surface area contributed by atoms with E-state index < -0.39 is 17.5 Å². The fraction of sp³-hybridized carbons (Fsp3) is 0.318. The summed E-state index contributed by atoms with van der Waals surface area (Å²) >= 11 is 3.38. The van der Waals surface area contributed by atoms with Gasteiger partial charge in [0.15, 0.2) is 0 Å². The lowest BCUT2D eigenvalue weighted by atomic mass is 9.92. The van der Waals surface area contributed by atoms with Gasteiger partial charge in [-0.3, -0.25) is 14.5 Å². The van der Waals surface area contributed by atoms with E-state index in [1.807, 2.05) is 37.3 Å². The third-order valence-corrected chi connectivity index (χ3v) is 5.54. The Morgan fingerprint density at radius 3 is 2.53 bits per heavy atom. The minimum atomic E-state index is -1.21. The van der Waals surface area contributed by atoms with Gasteiger partial charge in [0.2, 0.25) is 5.91 Å². The van der Waals surface area contributed by atoms with Crippen LogP contribution in [0, 0.1) is 0 Å². The Morgan fingerprint density at radius 1 is 1.20 bits per heavy atom. The number of carbonyl (C=O) groups excluding carboxylic acids is 3. The largest absolute Gasteiger partial charge is 0.494 e. The summed E-state index contributed by atoms with van der Waals surface area (Å²) in [4.78, 5) is 40.6. The van der Waals surface area contributed by atoms with Crippen molar-refractivity contribution in [2.45, 2.75) is 25.9 Å². The monoisotopic (exact) mass is 473 g/mol. The molecule has 3 rings (SSSR count). The summed E-state index contributed by atoms with van der Waals surface area (Å²) in [6.07, 6.45) is 0. The standard InChI is InChI=1S/C22H24BrN3O4/c1-4-30-18-10-8-15(9-11-18)13-25(3)19(27)14-26-20(28)22(2,24-21(26)29)16-6-5-7-17(23)12-16/h5-12H,4,13-14H2,1-3H3,(H,24,29). The second-order valence-corrected chi connectivity index (χ2v) is 8.20. The highest BCUT2D eigenvalue weighted by Gasteiger charge is 2.49. The number of hydrogen-bond donors (Lipinski definition) is 1. The zero-order chi connectivity index (χ0) is 21.9. The Morgan fingerprint density at radius 2 is 1.90 bits per heavy atom. The number of carbonyl (C=O) groups is 3. The van der Waals surface area contributed by atoms with Crippen molar-refractivity contribution in [1.29, 1.82) is 0 Å². The van der Waals surface area contributed by atoms with Gasteiger partial charge in [0.05, 0.1) is 6.61 Å².